The number of nitrogens with one attached hydrogen (secondary N) is 1. The number of likely N-dealkylation sites (N-methyl/N-ethyl adjacent to an activating group) is 2. The van der Waals surface area contributed by atoms with Gasteiger partial charge in [-0.3, -0.25) is 0 Å². The van der Waals surface area contributed by atoms with Crippen LogP contribution in [0.3, 0.4) is 0 Å². The van der Waals surface area contributed by atoms with E-state index in [9.17, 15) is 4.79 Å². The Kier molecular flexibility index (Phi) is 4.10. The normalized spacial score (nSPS) is 17.6. The lowest BCUT2D eigenvalue weighted by molar-refractivity contribution is -0.149. The predicted octanol–water partition coefficient (Wildman–Crippen LogP) is 1.66. The van der Waals surface area contributed by atoms with E-state index in [1.165, 1.54) is 7.11 Å². The highest BCUT2D eigenvalue weighted by Crippen LogP contribution is 2.41. The van der Waals surface area contributed by atoms with Gasteiger partial charge in [-0.2, -0.15) is 0 Å². The maximum atomic E-state index is 12.2. The van der Waals surface area contributed by atoms with Gasteiger partial charge in [0.1, 0.15) is 5.54 Å². The lowest BCUT2D eigenvalue weighted by Gasteiger charge is -2.35. The van der Waals surface area contributed by atoms with Crippen LogP contribution in [0.4, 0.5) is 5.69 Å². The number of hydrogen-bond acceptors (Lipinski definition) is 4. The van der Waals surface area contributed by atoms with E-state index in [-0.39, 0.29) is 5.97 Å². The molecule has 4 nitrogen and oxygen atoms in total. The molecule has 0 spiro atoms. The van der Waals surface area contributed by atoms with E-state index in [2.05, 4.69) is 10.2 Å². The topological polar surface area (TPSA) is 41.6 Å². The van der Waals surface area contributed by atoms with Crippen molar-refractivity contribution in [1.82, 2.24) is 5.32 Å². The van der Waals surface area contributed by atoms with Crippen LogP contribution >= 0.6 is 0 Å². The minimum atomic E-state index is -0.598. The Labute approximate surface area is 114 Å². The molecule has 0 amide bonds. The second kappa shape index (κ2) is 5.61. The molecule has 1 aromatic carbocycles. The molecule has 0 radical (unpaired) electrons. The number of rotatable bonds is 6. The number of methoxy groups -OCH3 is 1. The molecule has 1 atom stereocenters. The van der Waals surface area contributed by atoms with Crippen LogP contribution in [0.5, 0.6) is 0 Å². The summed E-state index contributed by atoms with van der Waals surface area (Å²) < 4.78 is 5.02. The Morgan fingerprint density at radius 3 is 2.53 bits per heavy atom. The van der Waals surface area contributed by atoms with Gasteiger partial charge in [0.25, 0.3) is 0 Å². The maximum absolute atomic E-state index is 12.2. The molecule has 1 aliphatic carbocycles. The Bertz CT molecular complexity index is 431. The van der Waals surface area contributed by atoms with Crippen LogP contribution in [-0.2, 0) is 9.53 Å². The molecule has 1 unspecified atom stereocenters. The van der Waals surface area contributed by atoms with Crippen molar-refractivity contribution in [3.8, 4) is 0 Å². The van der Waals surface area contributed by atoms with Crippen molar-refractivity contribution in [2.75, 3.05) is 32.6 Å². The number of ether oxygens (including phenoxy) is 1. The number of anilines is 1. The van der Waals surface area contributed by atoms with Crippen molar-refractivity contribution >= 4 is 11.7 Å². The fourth-order valence-corrected chi connectivity index (χ4v) is 2.65. The van der Waals surface area contributed by atoms with Crippen molar-refractivity contribution in [1.29, 1.82) is 0 Å². The first-order valence-electron chi connectivity index (χ1n) is 6.67. The van der Waals surface area contributed by atoms with Gasteiger partial charge in [-0.15, -0.1) is 0 Å². The van der Waals surface area contributed by atoms with Crippen LogP contribution in [0.25, 0.3) is 0 Å². The average molecular weight is 262 g/mol. The fraction of sp³-hybridized carbons (Fsp3) is 0.533. The van der Waals surface area contributed by atoms with Gasteiger partial charge in [-0.1, -0.05) is 18.2 Å². The zero-order chi connectivity index (χ0) is 13.9. The van der Waals surface area contributed by atoms with E-state index in [4.69, 9.17) is 4.74 Å². The third kappa shape index (κ3) is 2.73. The Morgan fingerprint density at radius 2 is 2.05 bits per heavy atom. The van der Waals surface area contributed by atoms with Gasteiger partial charge in [0, 0.05) is 19.3 Å². The molecule has 0 aromatic heterocycles. The fourth-order valence-electron chi connectivity index (χ4n) is 2.65. The lowest BCUT2D eigenvalue weighted by Crippen LogP contribution is -2.59. The van der Waals surface area contributed by atoms with Gasteiger partial charge >= 0.3 is 5.97 Å². The van der Waals surface area contributed by atoms with Crippen LogP contribution in [-0.4, -0.2) is 39.3 Å². The molecule has 104 valence electrons. The summed E-state index contributed by atoms with van der Waals surface area (Å²) in [5.74, 6) is 0.205. The van der Waals surface area contributed by atoms with Gasteiger partial charge in [-0.05, 0) is 37.9 Å². The zero-order valence-corrected chi connectivity index (χ0v) is 11.8. The summed E-state index contributed by atoms with van der Waals surface area (Å²) in [6.45, 7) is 0.616. The number of carbonyl (C=O) groups excluding carboxylic acids is 1. The van der Waals surface area contributed by atoms with Crippen LogP contribution in [0, 0.1) is 5.92 Å². The van der Waals surface area contributed by atoms with E-state index in [1.807, 2.05) is 44.4 Å². The van der Waals surface area contributed by atoms with Crippen LogP contribution < -0.4 is 10.2 Å². The largest absolute Gasteiger partial charge is 0.468 e. The van der Waals surface area contributed by atoms with E-state index >= 15 is 0 Å². The molecule has 19 heavy (non-hydrogen) atoms. The first kappa shape index (κ1) is 13.9. The lowest BCUT2D eigenvalue weighted by atomic mass is 9.92. The Hall–Kier alpha value is -1.55. The van der Waals surface area contributed by atoms with Gasteiger partial charge < -0.3 is 15.0 Å². The minimum absolute atomic E-state index is 0.166. The molecule has 0 aliphatic heterocycles. The third-order valence-electron chi connectivity index (χ3n) is 3.95. The molecule has 0 bridgehead atoms. The van der Waals surface area contributed by atoms with Crippen LogP contribution in [0.1, 0.15) is 12.8 Å². The number of esters is 1. The van der Waals surface area contributed by atoms with Gasteiger partial charge in [0.2, 0.25) is 0 Å². The monoisotopic (exact) mass is 262 g/mol. The summed E-state index contributed by atoms with van der Waals surface area (Å²) in [6, 6.07) is 10.1. The summed E-state index contributed by atoms with van der Waals surface area (Å²) in [7, 11) is 5.31. The average Bonchev–Trinajstić information content (AvgIpc) is 3.29. The standard InChI is InChI=1S/C15H22N2O2/c1-16-15(12-9-10-12,14(18)19-3)11-17(2)13-7-5-4-6-8-13/h4-8,12,16H,9-11H2,1-3H3. The number of benzene rings is 1. The summed E-state index contributed by atoms with van der Waals surface area (Å²) >= 11 is 0. The van der Waals surface area contributed by atoms with Crippen molar-refractivity contribution in [3.05, 3.63) is 30.3 Å². The molecule has 1 aliphatic rings. The van der Waals surface area contributed by atoms with Gasteiger partial charge in [-0.25, -0.2) is 4.79 Å². The Balaban J connectivity index is 2.18. The van der Waals surface area contributed by atoms with E-state index in [1.54, 1.807) is 0 Å². The number of nitrogens with zero attached hydrogens (tertiary/aromatic N) is 1. The molecule has 1 fully saturated rings. The second-order valence-corrected chi connectivity index (χ2v) is 5.18. The molecular formula is C15H22N2O2. The molecule has 1 N–H and O–H groups in total. The van der Waals surface area contributed by atoms with Crippen LogP contribution in [0.2, 0.25) is 0 Å². The van der Waals surface area contributed by atoms with E-state index in [0.29, 0.717) is 12.5 Å². The maximum Gasteiger partial charge on any atom is 0.328 e. The molecule has 0 heterocycles. The van der Waals surface area contributed by atoms with Gasteiger partial charge in [0.15, 0.2) is 0 Å². The van der Waals surface area contributed by atoms with Crippen molar-refractivity contribution in [3.63, 3.8) is 0 Å². The molecule has 4 heteroatoms. The smallest absolute Gasteiger partial charge is 0.328 e. The molecular weight excluding hydrogens is 240 g/mol. The van der Waals surface area contributed by atoms with E-state index < -0.39 is 5.54 Å². The molecule has 1 saturated carbocycles. The highest BCUT2D eigenvalue weighted by molar-refractivity contribution is 5.82. The molecule has 0 saturated heterocycles. The van der Waals surface area contributed by atoms with Gasteiger partial charge in [0.05, 0.1) is 7.11 Å². The highest BCUT2D eigenvalue weighted by atomic mass is 16.5. The quantitative estimate of drug-likeness (QED) is 0.792. The summed E-state index contributed by atoms with van der Waals surface area (Å²) in [4.78, 5) is 14.3. The number of carbonyl (C=O) groups is 1. The third-order valence-corrected chi connectivity index (χ3v) is 3.95. The highest BCUT2D eigenvalue weighted by Gasteiger charge is 2.51. The minimum Gasteiger partial charge on any atom is -0.468 e. The SMILES string of the molecule is CNC(CN(C)c1ccccc1)(C(=O)OC)C1CC1. The van der Waals surface area contributed by atoms with Crippen molar-refractivity contribution in [2.24, 2.45) is 5.92 Å². The molecule has 2 rings (SSSR count). The first-order chi connectivity index (χ1) is 9.14. The van der Waals surface area contributed by atoms with E-state index in [0.717, 1.165) is 18.5 Å². The summed E-state index contributed by atoms with van der Waals surface area (Å²) in [5, 5.41) is 3.21. The van der Waals surface area contributed by atoms with Crippen molar-refractivity contribution < 1.29 is 9.53 Å². The number of para-hydroxylation sites is 1. The van der Waals surface area contributed by atoms with Crippen molar-refractivity contribution in [2.45, 2.75) is 18.4 Å². The number of hydrogen-bond donors (Lipinski definition) is 1. The Morgan fingerprint density at radius 1 is 1.42 bits per heavy atom. The zero-order valence-electron chi connectivity index (χ0n) is 11.8. The second-order valence-electron chi connectivity index (χ2n) is 5.18. The van der Waals surface area contributed by atoms with Crippen LogP contribution in [0.15, 0.2) is 30.3 Å². The summed E-state index contributed by atoms with van der Waals surface area (Å²) in [6.07, 6.45) is 2.16. The predicted molar refractivity (Wildman–Crippen MR) is 76.2 cm³/mol. The first-order valence-corrected chi connectivity index (χ1v) is 6.67. The summed E-state index contributed by atoms with van der Waals surface area (Å²) in [5.41, 5.74) is 0.506. The molecule has 1 aromatic rings.